The van der Waals surface area contributed by atoms with Gasteiger partial charge in [0.15, 0.2) is 11.9 Å². The first-order valence-corrected chi connectivity index (χ1v) is 6.67. The molecule has 0 aromatic rings. The molecule has 0 aromatic carbocycles. The molecule has 0 saturated heterocycles. The SMILES string of the molecule is CCCCCCCOC1=C(O)C(C(O)CO)OC1=O. The molecule has 1 heterocycles. The number of ether oxygens (including phenoxy) is 2. The van der Waals surface area contributed by atoms with Gasteiger partial charge in [-0.25, -0.2) is 4.79 Å². The van der Waals surface area contributed by atoms with Crippen molar-refractivity contribution >= 4 is 5.97 Å². The number of aliphatic hydroxyl groups is 3. The van der Waals surface area contributed by atoms with Gasteiger partial charge in [-0.05, 0) is 6.42 Å². The molecule has 1 aliphatic rings. The van der Waals surface area contributed by atoms with Crippen molar-refractivity contribution in [2.24, 2.45) is 0 Å². The van der Waals surface area contributed by atoms with Crippen LogP contribution in [0.4, 0.5) is 0 Å². The number of hydrogen-bond acceptors (Lipinski definition) is 6. The monoisotopic (exact) mass is 274 g/mol. The van der Waals surface area contributed by atoms with E-state index in [0.717, 1.165) is 25.7 Å². The second-order valence-corrected chi connectivity index (χ2v) is 4.55. The summed E-state index contributed by atoms with van der Waals surface area (Å²) in [6.45, 7) is 1.84. The summed E-state index contributed by atoms with van der Waals surface area (Å²) < 4.78 is 9.93. The fraction of sp³-hybridized carbons (Fsp3) is 0.769. The van der Waals surface area contributed by atoms with Gasteiger partial charge in [-0.1, -0.05) is 32.6 Å². The van der Waals surface area contributed by atoms with Crippen LogP contribution in [0.5, 0.6) is 0 Å². The minimum Gasteiger partial charge on any atom is -0.505 e. The Labute approximate surface area is 112 Å². The van der Waals surface area contributed by atoms with Crippen molar-refractivity contribution in [3.8, 4) is 0 Å². The zero-order chi connectivity index (χ0) is 14.3. The second-order valence-electron chi connectivity index (χ2n) is 4.55. The Morgan fingerprint density at radius 3 is 2.63 bits per heavy atom. The Morgan fingerprint density at radius 1 is 1.32 bits per heavy atom. The maximum absolute atomic E-state index is 11.4. The zero-order valence-electron chi connectivity index (χ0n) is 11.2. The Bertz CT molecular complexity index is 325. The molecule has 19 heavy (non-hydrogen) atoms. The van der Waals surface area contributed by atoms with Gasteiger partial charge in [-0.2, -0.15) is 0 Å². The molecular weight excluding hydrogens is 252 g/mol. The lowest BCUT2D eigenvalue weighted by molar-refractivity contribution is -0.148. The second kappa shape index (κ2) is 8.01. The van der Waals surface area contributed by atoms with E-state index in [1.807, 2.05) is 0 Å². The van der Waals surface area contributed by atoms with E-state index in [9.17, 15) is 15.0 Å². The van der Waals surface area contributed by atoms with Gasteiger partial charge >= 0.3 is 5.97 Å². The molecule has 1 rings (SSSR count). The number of esters is 1. The van der Waals surface area contributed by atoms with Gasteiger partial charge in [0.25, 0.3) is 0 Å². The molecule has 0 spiro atoms. The molecule has 110 valence electrons. The summed E-state index contributed by atoms with van der Waals surface area (Å²) in [6.07, 6.45) is 2.65. The number of hydrogen-bond donors (Lipinski definition) is 3. The zero-order valence-corrected chi connectivity index (χ0v) is 11.2. The summed E-state index contributed by atoms with van der Waals surface area (Å²) in [5.41, 5.74) is 0. The number of carbonyl (C=O) groups is 1. The van der Waals surface area contributed by atoms with Crippen molar-refractivity contribution in [2.75, 3.05) is 13.2 Å². The van der Waals surface area contributed by atoms with E-state index >= 15 is 0 Å². The smallest absolute Gasteiger partial charge is 0.378 e. The van der Waals surface area contributed by atoms with Crippen LogP contribution in [0.15, 0.2) is 11.5 Å². The third-order valence-corrected chi connectivity index (χ3v) is 2.95. The van der Waals surface area contributed by atoms with Gasteiger partial charge in [0, 0.05) is 0 Å². The van der Waals surface area contributed by atoms with E-state index in [1.165, 1.54) is 6.42 Å². The molecule has 6 nitrogen and oxygen atoms in total. The van der Waals surface area contributed by atoms with Gasteiger partial charge in [0.05, 0.1) is 13.2 Å². The molecule has 0 fully saturated rings. The Kier molecular flexibility index (Phi) is 6.66. The minimum absolute atomic E-state index is 0.256. The van der Waals surface area contributed by atoms with Crippen molar-refractivity contribution < 1.29 is 29.6 Å². The number of cyclic esters (lactones) is 1. The molecule has 0 aromatic heterocycles. The van der Waals surface area contributed by atoms with Gasteiger partial charge in [0.1, 0.15) is 6.10 Å². The maximum Gasteiger partial charge on any atom is 0.378 e. The van der Waals surface area contributed by atoms with Crippen molar-refractivity contribution in [1.82, 2.24) is 0 Å². The van der Waals surface area contributed by atoms with Gasteiger partial charge < -0.3 is 24.8 Å². The first-order valence-electron chi connectivity index (χ1n) is 6.67. The van der Waals surface area contributed by atoms with E-state index in [-0.39, 0.29) is 5.76 Å². The standard InChI is InChI=1S/C13H22O6/c1-2-3-4-5-6-7-18-12-10(16)11(9(15)8-14)19-13(12)17/h9,11,14-16H,2-8H2,1H3. The molecule has 0 saturated carbocycles. The normalized spacial score (nSPS) is 20.6. The van der Waals surface area contributed by atoms with E-state index in [0.29, 0.717) is 6.61 Å². The summed E-state index contributed by atoms with van der Waals surface area (Å²) in [7, 11) is 0. The molecule has 2 unspecified atom stereocenters. The fourth-order valence-corrected chi connectivity index (χ4v) is 1.83. The lowest BCUT2D eigenvalue weighted by atomic mass is 10.1. The first-order chi connectivity index (χ1) is 9.11. The summed E-state index contributed by atoms with van der Waals surface area (Å²) in [5, 5.41) is 27.8. The van der Waals surface area contributed by atoms with Gasteiger partial charge in [-0.15, -0.1) is 0 Å². The third kappa shape index (κ3) is 4.40. The van der Waals surface area contributed by atoms with Gasteiger partial charge in [0.2, 0.25) is 5.76 Å². The molecule has 0 radical (unpaired) electrons. The largest absolute Gasteiger partial charge is 0.505 e. The predicted octanol–water partition coefficient (Wildman–Crippen LogP) is 1.02. The summed E-state index contributed by atoms with van der Waals surface area (Å²) >= 11 is 0. The third-order valence-electron chi connectivity index (χ3n) is 2.95. The van der Waals surface area contributed by atoms with Crippen LogP contribution < -0.4 is 0 Å². The Morgan fingerprint density at radius 2 is 2.00 bits per heavy atom. The van der Waals surface area contributed by atoms with E-state index in [1.54, 1.807) is 0 Å². The molecule has 0 bridgehead atoms. The van der Waals surface area contributed by atoms with Crippen molar-refractivity contribution in [1.29, 1.82) is 0 Å². The average Bonchev–Trinajstić information content (AvgIpc) is 2.69. The molecule has 3 N–H and O–H groups in total. The summed E-state index contributed by atoms with van der Waals surface area (Å²) in [6, 6.07) is 0. The van der Waals surface area contributed by atoms with Crippen LogP contribution in [-0.4, -0.2) is 46.7 Å². The minimum atomic E-state index is -1.34. The highest BCUT2D eigenvalue weighted by Gasteiger charge is 2.40. The highest BCUT2D eigenvalue weighted by molar-refractivity contribution is 5.89. The fourth-order valence-electron chi connectivity index (χ4n) is 1.83. The van der Waals surface area contributed by atoms with Crippen LogP contribution >= 0.6 is 0 Å². The van der Waals surface area contributed by atoms with Crippen LogP contribution in [0.25, 0.3) is 0 Å². The van der Waals surface area contributed by atoms with Crippen LogP contribution in [0.3, 0.4) is 0 Å². The quantitative estimate of drug-likeness (QED) is 0.429. The topological polar surface area (TPSA) is 96.2 Å². The molecule has 6 heteroatoms. The predicted molar refractivity (Wildman–Crippen MR) is 67.3 cm³/mol. The highest BCUT2D eigenvalue weighted by atomic mass is 16.6. The molecule has 1 aliphatic heterocycles. The lowest BCUT2D eigenvalue weighted by Crippen LogP contribution is -2.31. The van der Waals surface area contributed by atoms with Gasteiger partial charge in [-0.3, -0.25) is 0 Å². The van der Waals surface area contributed by atoms with E-state index in [4.69, 9.17) is 14.6 Å². The average molecular weight is 274 g/mol. The molecule has 2 atom stereocenters. The number of carbonyl (C=O) groups excluding carboxylic acids is 1. The highest BCUT2D eigenvalue weighted by Crippen LogP contribution is 2.24. The summed E-state index contributed by atoms with van der Waals surface area (Å²) in [4.78, 5) is 11.4. The molecule has 0 amide bonds. The van der Waals surface area contributed by atoms with E-state index < -0.39 is 30.5 Å². The number of aliphatic hydroxyl groups excluding tert-OH is 3. The van der Waals surface area contributed by atoms with E-state index in [2.05, 4.69) is 6.92 Å². The molecule has 0 aliphatic carbocycles. The maximum atomic E-state index is 11.4. The van der Waals surface area contributed by atoms with Crippen molar-refractivity contribution in [2.45, 2.75) is 51.2 Å². The summed E-state index contributed by atoms with van der Waals surface area (Å²) in [5.74, 6) is -1.50. The first kappa shape index (κ1) is 15.8. The van der Waals surface area contributed by atoms with Crippen molar-refractivity contribution in [3.05, 3.63) is 11.5 Å². The number of unbranched alkanes of at least 4 members (excludes halogenated alkanes) is 4. The van der Waals surface area contributed by atoms with Crippen LogP contribution in [0.2, 0.25) is 0 Å². The van der Waals surface area contributed by atoms with Crippen LogP contribution in [0, 0.1) is 0 Å². The van der Waals surface area contributed by atoms with Crippen LogP contribution in [0.1, 0.15) is 39.0 Å². The lowest BCUT2D eigenvalue weighted by Gasteiger charge is -2.13. The molecular formula is C13H22O6. The Hall–Kier alpha value is -1.27. The van der Waals surface area contributed by atoms with Crippen molar-refractivity contribution in [3.63, 3.8) is 0 Å². The van der Waals surface area contributed by atoms with Crippen LogP contribution in [-0.2, 0) is 14.3 Å². The Balaban J connectivity index is 2.39. The number of rotatable bonds is 9.